The molecule has 0 spiro atoms. The molecule has 1 heterocycles. The van der Waals surface area contributed by atoms with Crippen molar-refractivity contribution in [1.82, 2.24) is 5.32 Å². The molecule has 0 aromatic heterocycles. The molecular formula is C17H25NO2. The predicted molar refractivity (Wildman–Crippen MR) is 80.4 cm³/mol. The van der Waals surface area contributed by atoms with Crippen LogP contribution in [0.15, 0.2) is 18.2 Å². The van der Waals surface area contributed by atoms with E-state index in [0.29, 0.717) is 12.0 Å². The molecule has 0 saturated heterocycles. The molecule has 2 aliphatic rings. The van der Waals surface area contributed by atoms with E-state index in [0.717, 1.165) is 37.2 Å². The van der Waals surface area contributed by atoms with Gasteiger partial charge < -0.3 is 14.8 Å². The van der Waals surface area contributed by atoms with Gasteiger partial charge >= 0.3 is 0 Å². The fourth-order valence-corrected chi connectivity index (χ4v) is 3.01. The van der Waals surface area contributed by atoms with Crippen LogP contribution in [-0.2, 0) is 0 Å². The van der Waals surface area contributed by atoms with Crippen molar-refractivity contribution >= 4 is 0 Å². The monoisotopic (exact) mass is 275 g/mol. The Balaban J connectivity index is 1.82. The topological polar surface area (TPSA) is 30.5 Å². The number of fused-ring (bicyclic) bond motifs is 1. The highest BCUT2D eigenvalue weighted by molar-refractivity contribution is 5.44. The number of hydrogen-bond donors (Lipinski definition) is 1. The van der Waals surface area contributed by atoms with Crippen LogP contribution in [-0.4, -0.2) is 19.8 Å². The molecule has 3 nitrogen and oxygen atoms in total. The summed E-state index contributed by atoms with van der Waals surface area (Å²) in [6, 6.07) is 6.91. The maximum absolute atomic E-state index is 5.91. The fraction of sp³-hybridized carbons (Fsp3) is 0.647. The summed E-state index contributed by atoms with van der Waals surface area (Å²) in [7, 11) is 0. The highest BCUT2D eigenvalue weighted by Crippen LogP contribution is 2.40. The van der Waals surface area contributed by atoms with Crippen LogP contribution in [0.5, 0.6) is 11.5 Å². The van der Waals surface area contributed by atoms with E-state index >= 15 is 0 Å². The van der Waals surface area contributed by atoms with Crippen LogP contribution in [0, 0.1) is 11.8 Å². The Hall–Kier alpha value is -1.22. The second-order valence-electron chi connectivity index (χ2n) is 6.16. The first-order valence-electron chi connectivity index (χ1n) is 7.91. The first-order chi connectivity index (χ1) is 9.78. The van der Waals surface area contributed by atoms with Crippen molar-refractivity contribution in [3.8, 4) is 11.5 Å². The molecule has 2 unspecified atom stereocenters. The van der Waals surface area contributed by atoms with E-state index in [1.54, 1.807) is 0 Å². The molecule has 1 N–H and O–H groups in total. The van der Waals surface area contributed by atoms with E-state index in [4.69, 9.17) is 9.47 Å². The third-order valence-corrected chi connectivity index (χ3v) is 4.42. The Morgan fingerprint density at radius 3 is 2.60 bits per heavy atom. The van der Waals surface area contributed by atoms with E-state index in [9.17, 15) is 0 Å². The summed E-state index contributed by atoms with van der Waals surface area (Å²) in [6.45, 7) is 6.82. The molecule has 1 aliphatic carbocycles. The summed E-state index contributed by atoms with van der Waals surface area (Å²) in [4.78, 5) is 0. The Labute approximate surface area is 121 Å². The van der Waals surface area contributed by atoms with Crippen molar-refractivity contribution in [2.75, 3.05) is 19.8 Å². The highest BCUT2D eigenvalue weighted by atomic mass is 16.5. The summed E-state index contributed by atoms with van der Waals surface area (Å²) in [5, 5.41) is 3.64. The van der Waals surface area contributed by atoms with Crippen LogP contribution in [0.1, 0.15) is 44.7 Å². The molecule has 1 fully saturated rings. The zero-order valence-corrected chi connectivity index (χ0v) is 12.5. The number of benzene rings is 1. The van der Waals surface area contributed by atoms with Gasteiger partial charge in [0, 0.05) is 12.0 Å². The summed E-state index contributed by atoms with van der Waals surface area (Å²) >= 11 is 0. The standard InChI is InChI=1S/C17H25NO2/c1-3-18-17(13-5-4-6-13)14-7-8-15-16(9-14)20-11-12(2)10-19-15/h7-9,12-13,17-18H,3-6,10-11H2,1-2H3. The van der Waals surface area contributed by atoms with Gasteiger partial charge in [-0.25, -0.2) is 0 Å². The number of hydrogen-bond acceptors (Lipinski definition) is 3. The van der Waals surface area contributed by atoms with Gasteiger partial charge in [0.15, 0.2) is 11.5 Å². The molecule has 110 valence electrons. The lowest BCUT2D eigenvalue weighted by Gasteiger charge is -2.34. The maximum Gasteiger partial charge on any atom is 0.161 e. The van der Waals surface area contributed by atoms with Crippen molar-refractivity contribution in [3.63, 3.8) is 0 Å². The molecule has 20 heavy (non-hydrogen) atoms. The van der Waals surface area contributed by atoms with Crippen LogP contribution in [0.25, 0.3) is 0 Å². The molecule has 2 atom stereocenters. The molecule has 0 bridgehead atoms. The van der Waals surface area contributed by atoms with E-state index < -0.39 is 0 Å². The van der Waals surface area contributed by atoms with Gasteiger partial charge in [-0.2, -0.15) is 0 Å². The minimum Gasteiger partial charge on any atom is -0.489 e. The van der Waals surface area contributed by atoms with Gasteiger partial charge in [0.25, 0.3) is 0 Å². The van der Waals surface area contributed by atoms with Crippen LogP contribution in [0.3, 0.4) is 0 Å². The molecule has 1 aliphatic heterocycles. The fourth-order valence-electron chi connectivity index (χ4n) is 3.01. The summed E-state index contributed by atoms with van der Waals surface area (Å²) in [5.74, 6) is 3.02. The van der Waals surface area contributed by atoms with Gasteiger partial charge in [-0.1, -0.05) is 26.3 Å². The normalized spacial score (nSPS) is 23.8. The number of rotatable bonds is 4. The van der Waals surface area contributed by atoms with Gasteiger partial charge in [-0.15, -0.1) is 0 Å². The Morgan fingerprint density at radius 2 is 1.95 bits per heavy atom. The molecule has 1 saturated carbocycles. The van der Waals surface area contributed by atoms with Crippen LogP contribution in [0.4, 0.5) is 0 Å². The predicted octanol–water partition coefficient (Wildman–Crippen LogP) is 3.54. The maximum atomic E-state index is 5.91. The van der Waals surface area contributed by atoms with Crippen LogP contribution in [0.2, 0.25) is 0 Å². The number of nitrogens with one attached hydrogen (secondary N) is 1. The second kappa shape index (κ2) is 6.04. The lowest BCUT2D eigenvalue weighted by molar-refractivity contribution is 0.227. The summed E-state index contributed by atoms with van der Waals surface area (Å²) in [6.07, 6.45) is 4.04. The average Bonchev–Trinajstić information content (AvgIpc) is 2.58. The van der Waals surface area contributed by atoms with Crippen molar-refractivity contribution in [2.24, 2.45) is 11.8 Å². The van der Waals surface area contributed by atoms with Gasteiger partial charge in [0.2, 0.25) is 0 Å². The van der Waals surface area contributed by atoms with Crippen molar-refractivity contribution in [1.29, 1.82) is 0 Å². The Bertz CT molecular complexity index is 456. The first kappa shape index (κ1) is 13.7. The Kier molecular flexibility index (Phi) is 4.16. The smallest absolute Gasteiger partial charge is 0.161 e. The van der Waals surface area contributed by atoms with Gasteiger partial charge in [-0.3, -0.25) is 0 Å². The van der Waals surface area contributed by atoms with E-state index in [1.807, 2.05) is 0 Å². The third kappa shape index (κ3) is 2.78. The summed E-state index contributed by atoms with van der Waals surface area (Å²) in [5.41, 5.74) is 1.34. The molecule has 3 heteroatoms. The first-order valence-corrected chi connectivity index (χ1v) is 7.91. The minimum absolute atomic E-state index is 0.446. The lowest BCUT2D eigenvalue weighted by Crippen LogP contribution is -2.32. The van der Waals surface area contributed by atoms with Gasteiger partial charge in [0.1, 0.15) is 0 Å². The van der Waals surface area contributed by atoms with Gasteiger partial charge in [0.05, 0.1) is 13.2 Å². The molecule has 0 amide bonds. The zero-order chi connectivity index (χ0) is 13.9. The third-order valence-electron chi connectivity index (χ3n) is 4.42. The lowest BCUT2D eigenvalue weighted by atomic mass is 9.77. The van der Waals surface area contributed by atoms with Crippen LogP contribution < -0.4 is 14.8 Å². The number of ether oxygens (including phenoxy) is 2. The molecule has 1 aromatic rings. The largest absolute Gasteiger partial charge is 0.489 e. The van der Waals surface area contributed by atoms with E-state index in [-0.39, 0.29) is 0 Å². The summed E-state index contributed by atoms with van der Waals surface area (Å²) < 4.78 is 11.7. The van der Waals surface area contributed by atoms with Crippen molar-refractivity contribution in [2.45, 2.75) is 39.2 Å². The Morgan fingerprint density at radius 1 is 1.20 bits per heavy atom. The second-order valence-corrected chi connectivity index (χ2v) is 6.16. The van der Waals surface area contributed by atoms with E-state index in [2.05, 4.69) is 37.4 Å². The molecule has 1 aromatic carbocycles. The minimum atomic E-state index is 0.446. The average molecular weight is 275 g/mol. The molecular weight excluding hydrogens is 250 g/mol. The molecule has 0 radical (unpaired) electrons. The highest BCUT2D eigenvalue weighted by Gasteiger charge is 2.28. The van der Waals surface area contributed by atoms with Crippen LogP contribution >= 0.6 is 0 Å². The van der Waals surface area contributed by atoms with Crippen molar-refractivity contribution < 1.29 is 9.47 Å². The molecule has 3 rings (SSSR count). The van der Waals surface area contributed by atoms with E-state index in [1.165, 1.54) is 24.8 Å². The van der Waals surface area contributed by atoms with Crippen molar-refractivity contribution in [3.05, 3.63) is 23.8 Å². The SMILES string of the molecule is CCNC(c1ccc2c(c1)OCC(C)CO2)C1CCC1. The zero-order valence-electron chi connectivity index (χ0n) is 12.5. The van der Waals surface area contributed by atoms with Gasteiger partial charge in [-0.05, 0) is 43.0 Å². The quantitative estimate of drug-likeness (QED) is 0.911.